The normalized spacial score (nSPS) is 19.6. The zero-order valence-corrected chi connectivity index (χ0v) is 12.3. The molecule has 0 radical (unpaired) electrons. The number of sulfonamides is 1. The van der Waals surface area contributed by atoms with Gasteiger partial charge in [-0.15, -0.1) is 0 Å². The van der Waals surface area contributed by atoms with E-state index >= 15 is 0 Å². The minimum atomic E-state index is -3.92. The van der Waals surface area contributed by atoms with E-state index in [1.165, 1.54) is 0 Å². The van der Waals surface area contributed by atoms with E-state index in [0.717, 1.165) is 12.5 Å². The third-order valence-electron chi connectivity index (χ3n) is 2.76. The number of halogens is 1. The number of ether oxygens (including phenoxy) is 1. The van der Waals surface area contributed by atoms with Gasteiger partial charge in [-0.2, -0.15) is 0 Å². The summed E-state index contributed by atoms with van der Waals surface area (Å²) >= 11 is 2.91. The molecule has 2 rings (SSSR count). The summed E-state index contributed by atoms with van der Waals surface area (Å²) in [7, 11) is -3.92. The van der Waals surface area contributed by atoms with E-state index < -0.39 is 15.9 Å². The van der Waals surface area contributed by atoms with Crippen LogP contribution >= 0.6 is 15.9 Å². The van der Waals surface area contributed by atoms with Crippen LogP contribution in [0.5, 0.6) is 0 Å². The van der Waals surface area contributed by atoms with Gasteiger partial charge in [0.2, 0.25) is 10.0 Å². The molecule has 1 saturated heterocycles. The Bertz CT molecular complexity index is 577. The van der Waals surface area contributed by atoms with Crippen molar-refractivity contribution in [2.24, 2.45) is 11.1 Å². The Balaban J connectivity index is 2.03. The van der Waals surface area contributed by atoms with Gasteiger partial charge in [0.15, 0.2) is 10.4 Å². The van der Waals surface area contributed by atoms with Crippen molar-refractivity contribution in [1.29, 1.82) is 0 Å². The van der Waals surface area contributed by atoms with Gasteiger partial charge in [0.05, 0.1) is 6.61 Å². The largest absolute Gasteiger partial charge is 0.443 e. The molecule has 0 aromatic carbocycles. The number of hydrogen-bond acceptors (Lipinski definition) is 5. The molecule has 7 nitrogen and oxygen atoms in total. The number of furan rings is 1. The lowest BCUT2D eigenvalue weighted by molar-refractivity contribution is 0.0916. The first-order valence-electron chi connectivity index (χ1n) is 5.56. The molecule has 0 aliphatic carbocycles. The summed E-state index contributed by atoms with van der Waals surface area (Å²) in [4.78, 5) is 11.5. The minimum absolute atomic E-state index is 0.0793. The zero-order chi connectivity index (χ0) is 14.0. The van der Waals surface area contributed by atoms with E-state index in [2.05, 4.69) is 21.2 Å². The fraction of sp³-hybridized carbons (Fsp3) is 0.500. The van der Waals surface area contributed by atoms with Crippen LogP contribution in [0.15, 0.2) is 20.0 Å². The Labute approximate surface area is 118 Å². The van der Waals surface area contributed by atoms with E-state index in [9.17, 15) is 13.2 Å². The van der Waals surface area contributed by atoms with Gasteiger partial charge in [0.1, 0.15) is 4.90 Å². The predicted molar refractivity (Wildman–Crippen MR) is 69.0 cm³/mol. The van der Waals surface area contributed by atoms with Crippen LogP contribution in [0.25, 0.3) is 0 Å². The van der Waals surface area contributed by atoms with Crippen molar-refractivity contribution in [2.45, 2.75) is 11.3 Å². The average molecular weight is 353 g/mol. The second-order valence-corrected chi connectivity index (χ2v) is 6.48. The van der Waals surface area contributed by atoms with Crippen LogP contribution in [-0.4, -0.2) is 34.1 Å². The summed E-state index contributed by atoms with van der Waals surface area (Å²) in [5.41, 5.74) is 0. The van der Waals surface area contributed by atoms with Crippen molar-refractivity contribution >= 4 is 31.9 Å². The molecule has 1 amide bonds. The Morgan fingerprint density at radius 1 is 1.58 bits per heavy atom. The van der Waals surface area contributed by atoms with Crippen LogP contribution in [0, 0.1) is 5.92 Å². The number of nitrogens with two attached hydrogens (primary N) is 1. The first-order chi connectivity index (χ1) is 8.88. The molecule has 3 N–H and O–H groups in total. The van der Waals surface area contributed by atoms with Crippen molar-refractivity contribution < 1.29 is 22.4 Å². The number of primary sulfonamides is 1. The van der Waals surface area contributed by atoms with E-state index in [1.54, 1.807) is 0 Å². The highest BCUT2D eigenvalue weighted by molar-refractivity contribution is 9.10. The number of carbonyl (C=O) groups is 1. The number of amides is 1. The average Bonchev–Trinajstić information content (AvgIpc) is 2.93. The maximum Gasteiger partial charge on any atom is 0.287 e. The summed E-state index contributed by atoms with van der Waals surface area (Å²) < 4.78 is 32.5. The fourth-order valence-electron chi connectivity index (χ4n) is 1.73. The third-order valence-corrected chi connectivity index (χ3v) is 4.53. The number of carbonyl (C=O) groups excluding carboxylic acids is 1. The standard InChI is InChI=1S/C10H13BrN2O5S/c11-9-8(19(12,15)16)3-7(18-9)10(14)13-4-6-1-2-17-5-6/h3,6H,1-2,4-5H2,(H,13,14)(H2,12,15,16). The summed E-state index contributed by atoms with van der Waals surface area (Å²) in [6, 6.07) is 1.10. The van der Waals surface area contributed by atoms with Gasteiger partial charge in [-0.05, 0) is 22.4 Å². The van der Waals surface area contributed by atoms with Crippen LogP contribution in [0.3, 0.4) is 0 Å². The zero-order valence-electron chi connectivity index (χ0n) is 9.89. The van der Waals surface area contributed by atoms with Crippen molar-refractivity contribution in [3.8, 4) is 0 Å². The topological polar surface area (TPSA) is 112 Å². The molecule has 106 valence electrons. The van der Waals surface area contributed by atoms with Crippen molar-refractivity contribution in [3.63, 3.8) is 0 Å². The predicted octanol–water partition coefficient (Wildman–Crippen LogP) is 0.456. The molecule has 1 unspecified atom stereocenters. The summed E-state index contributed by atoms with van der Waals surface area (Å²) in [6.45, 7) is 1.77. The molecule has 0 spiro atoms. The van der Waals surface area contributed by atoms with Crippen molar-refractivity contribution in [2.75, 3.05) is 19.8 Å². The van der Waals surface area contributed by atoms with Gasteiger partial charge in [0, 0.05) is 25.1 Å². The lowest BCUT2D eigenvalue weighted by atomic mass is 10.1. The Kier molecular flexibility index (Phi) is 4.29. The molecule has 0 saturated carbocycles. The molecular weight excluding hydrogens is 340 g/mol. The van der Waals surface area contributed by atoms with Gasteiger partial charge < -0.3 is 14.5 Å². The molecule has 1 atom stereocenters. The second-order valence-electron chi connectivity index (χ2n) is 4.23. The number of rotatable bonds is 4. The van der Waals surface area contributed by atoms with Gasteiger partial charge in [-0.25, -0.2) is 13.6 Å². The van der Waals surface area contributed by atoms with Crippen LogP contribution in [0.4, 0.5) is 0 Å². The molecule has 1 aliphatic heterocycles. The first kappa shape index (κ1) is 14.5. The smallest absolute Gasteiger partial charge is 0.287 e. The summed E-state index contributed by atoms with van der Waals surface area (Å²) in [5, 5.41) is 7.64. The highest BCUT2D eigenvalue weighted by Gasteiger charge is 2.23. The van der Waals surface area contributed by atoms with Gasteiger partial charge in [0.25, 0.3) is 5.91 Å². The quantitative estimate of drug-likeness (QED) is 0.817. The Morgan fingerprint density at radius 2 is 2.32 bits per heavy atom. The molecule has 1 fully saturated rings. The molecule has 0 bridgehead atoms. The lowest BCUT2D eigenvalue weighted by Crippen LogP contribution is -2.29. The van der Waals surface area contributed by atoms with E-state index in [4.69, 9.17) is 14.3 Å². The molecule has 19 heavy (non-hydrogen) atoms. The van der Waals surface area contributed by atoms with E-state index in [1.807, 2.05) is 0 Å². The Morgan fingerprint density at radius 3 is 2.84 bits per heavy atom. The highest BCUT2D eigenvalue weighted by Crippen LogP contribution is 2.25. The van der Waals surface area contributed by atoms with Crippen LogP contribution < -0.4 is 10.5 Å². The van der Waals surface area contributed by atoms with Crippen LogP contribution in [0.2, 0.25) is 0 Å². The fourth-order valence-corrected chi connectivity index (χ4v) is 3.23. The van der Waals surface area contributed by atoms with E-state index in [-0.39, 0.29) is 21.2 Å². The highest BCUT2D eigenvalue weighted by atomic mass is 79.9. The number of nitrogens with one attached hydrogen (secondary N) is 1. The van der Waals surface area contributed by atoms with Crippen LogP contribution in [-0.2, 0) is 14.8 Å². The summed E-state index contributed by atoms with van der Waals surface area (Å²) in [5.74, 6) is -0.308. The molecular formula is C10H13BrN2O5S. The Hall–Kier alpha value is -0.900. The lowest BCUT2D eigenvalue weighted by Gasteiger charge is -2.07. The third kappa shape index (κ3) is 3.56. The second kappa shape index (κ2) is 5.61. The van der Waals surface area contributed by atoms with Gasteiger partial charge in [-0.1, -0.05) is 0 Å². The van der Waals surface area contributed by atoms with E-state index in [0.29, 0.717) is 19.8 Å². The van der Waals surface area contributed by atoms with Crippen molar-refractivity contribution in [3.05, 3.63) is 16.5 Å². The van der Waals surface area contributed by atoms with Crippen LogP contribution in [0.1, 0.15) is 17.0 Å². The molecule has 1 aromatic heterocycles. The summed E-state index contributed by atoms with van der Waals surface area (Å²) in [6.07, 6.45) is 0.893. The SMILES string of the molecule is NS(=O)(=O)c1cc(C(=O)NCC2CCOC2)oc1Br. The minimum Gasteiger partial charge on any atom is -0.443 e. The molecule has 1 aliphatic rings. The molecule has 2 heterocycles. The first-order valence-corrected chi connectivity index (χ1v) is 7.90. The number of hydrogen-bond donors (Lipinski definition) is 2. The molecule has 9 heteroatoms. The van der Waals surface area contributed by atoms with Gasteiger partial charge in [-0.3, -0.25) is 4.79 Å². The van der Waals surface area contributed by atoms with Crippen molar-refractivity contribution in [1.82, 2.24) is 5.32 Å². The maximum absolute atomic E-state index is 11.8. The maximum atomic E-state index is 11.8. The monoisotopic (exact) mass is 352 g/mol. The van der Waals surface area contributed by atoms with Gasteiger partial charge >= 0.3 is 0 Å². The molecule has 1 aromatic rings.